The Hall–Kier alpha value is -3.88. The Morgan fingerprint density at radius 2 is 1.94 bits per heavy atom. The second kappa shape index (κ2) is 7.42. The van der Waals surface area contributed by atoms with Crippen LogP contribution in [0, 0.1) is 17.6 Å². The van der Waals surface area contributed by atoms with E-state index in [1.807, 2.05) is 0 Å². The number of hydrogen-bond donors (Lipinski definition) is 2. The van der Waals surface area contributed by atoms with Gasteiger partial charge in [0.05, 0.1) is 40.6 Å². The molecule has 2 aromatic heterocycles. The summed E-state index contributed by atoms with van der Waals surface area (Å²) < 4.78 is 33.8. The van der Waals surface area contributed by atoms with Crippen molar-refractivity contribution in [3.63, 3.8) is 0 Å². The summed E-state index contributed by atoms with van der Waals surface area (Å²) in [5.41, 5.74) is 2.27. The first-order valence-corrected chi connectivity index (χ1v) is 9.63. The summed E-state index contributed by atoms with van der Waals surface area (Å²) in [7, 11) is 0. The van der Waals surface area contributed by atoms with Crippen molar-refractivity contribution in [3.05, 3.63) is 60.4 Å². The number of aromatic amines is 1. The maximum Gasteiger partial charge on any atom is 0.306 e. The van der Waals surface area contributed by atoms with Crippen LogP contribution in [0.2, 0.25) is 0 Å². The molecule has 0 atom stereocenters. The summed E-state index contributed by atoms with van der Waals surface area (Å²) >= 11 is 0. The number of aromatic nitrogens is 4. The molecule has 0 amide bonds. The van der Waals surface area contributed by atoms with E-state index in [2.05, 4.69) is 19.9 Å². The second-order valence-corrected chi connectivity index (χ2v) is 7.43. The van der Waals surface area contributed by atoms with Gasteiger partial charge in [-0.1, -0.05) is 6.07 Å². The molecule has 1 aliphatic rings. The van der Waals surface area contributed by atoms with Crippen molar-refractivity contribution in [1.82, 2.24) is 19.9 Å². The van der Waals surface area contributed by atoms with Gasteiger partial charge in [0.1, 0.15) is 23.6 Å². The monoisotopic (exact) mass is 422 g/mol. The fourth-order valence-electron chi connectivity index (χ4n) is 3.54. The molecule has 0 spiro atoms. The number of nitrogens with one attached hydrogen (secondary N) is 1. The average Bonchev–Trinajstić information content (AvgIpc) is 3.13. The van der Waals surface area contributed by atoms with Crippen molar-refractivity contribution in [3.8, 4) is 28.5 Å². The van der Waals surface area contributed by atoms with Gasteiger partial charge in [-0.15, -0.1) is 0 Å². The molecule has 0 saturated heterocycles. The quantitative estimate of drug-likeness (QED) is 0.500. The minimum atomic E-state index is -0.818. The number of hydrogen-bond acceptors (Lipinski definition) is 5. The van der Waals surface area contributed by atoms with Crippen molar-refractivity contribution < 1.29 is 23.4 Å². The molecule has 0 unspecified atom stereocenters. The third-order valence-electron chi connectivity index (χ3n) is 5.32. The summed E-state index contributed by atoms with van der Waals surface area (Å²) in [5, 5.41) is 8.91. The molecule has 0 bridgehead atoms. The van der Waals surface area contributed by atoms with Crippen LogP contribution in [0.1, 0.15) is 12.8 Å². The van der Waals surface area contributed by atoms with Gasteiger partial charge in [0.25, 0.3) is 0 Å². The number of nitrogens with zero attached hydrogens (tertiary/aromatic N) is 3. The summed E-state index contributed by atoms with van der Waals surface area (Å²) in [6.45, 7) is 0. The van der Waals surface area contributed by atoms with Crippen LogP contribution in [0.3, 0.4) is 0 Å². The Balaban J connectivity index is 1.33. The summed E-state index contributed by atoms with van der Waals surface area (Å²) in [6, 6.07) is 8.74. The number of carbonyl (C=O) groups is 1. The molecule has 2 aromatic carbocycles. The van der Waals surface area contributed by atoms with Crippen LogP contribution < -0.4 is 4.74 Å². The molecule has 0 radical (unpaired) electrons. The molecule has 4 aromatic rings. The Morgan fingerprint density at radius 3 is 2.65 bits per heavy atom. The van der Waals surface area contributed by atoms with Gasteiger partial charge in [0, 0.05) is 5.56 Å². The molecule has 31 heavy (non-hydrogen) atoms. The zero-order chi connectivity index (χ0) is 21.5. The first-order valence-electron chi connectivity index (χ1n) is 9.63. The summed E-state index contributed by atoms with van der Waals surface area (Å²) in [4.78, 5) is 26.5. The maximum atomic E-state index is 14.8. The number of carboxylic acids is 1. The smallest absolute Gasteiger partial charge is 0.306 e. The lowest BCUT2D eigenvalue weighted by molar-refractivity contribution is -0.148. The summed E-state index contributed by atoms with van der Waals surface area (Å²) in [5.74, 6) is -1.49. The lowest BCUT2D eigenvalue weighted by Gasteiger charge is -2.31. The number of ether oxygens (including phenoxy) is 1. The fourth-order valence-corrected chi connectivity index (χ4v) is 3.54. The molecule has 0 aliphatic heterocycles. The molecule has 2 heterocycles. The first kappa shape index (κ1) is 19.1. The van der Waals surface area contributed by atoms with Gasteiger partial charge in [0.15, 0.2) is 0 Å². The Kier molecular flexibility index (Phi) is 4.58. The topological polar surface area (TPSA) is 101 Å². The highest BCUT2D eigenvalue weighted by atomic mass is 19.1. The van der Waals surface area contributed by atoms with E-state index < -0.39 is 17.6 Å². The first-order chi connectivity index (χ1) is 15.0. The zero-order valence-corrected chi connectivity index (χ0v) is 16.0. The van der Waals surface area contributed by atoms with Gasteiger partial charge in [-0.05, 0) is 43.2 Å². The minimum Gasteiger partial charge on any atom is -0.481 e. The molecule has 7 nitrogen and oxygen atoms in total. The largest absolute Gasteiger partial charge is 0.481 e. The maximum absolute atomic E-state index is 14.8. The second-order valence-electron chi connectivity index (χ2n) is 7.43. The van der Waals surface area contributed by atoms with Crippen LogP contribution in [0.15, 0.2) is 48.8 Å². The highest BCUT2D eigenvalue weighted by Gasteiger charge is 2.36. The summed E-state index contributed by atoms with van der Waals surface area (Å²) in [6.07, 6.45) is 3.61. The number of halogens is 2. The number of carboxylic acid groups (broad SMARTS) is 1. The molecule has 1 saturated carbocycles. The van der Waals surface area contributed by atoms with Crippen molar-refractivity contribution in [2.45, 2.75) is 18.9 Å². The number of fused-ring (bicyclic) bond motifs is 1. The molecule has 1 fully saturated rings. The van der Waals surface area contributed by atoms with Crippen LogP contribution in [0.5, 0.6) is 5.88 Å². The van der Waals surface area contributed by atoms with Crippen molar-refractivity contribution in [2.75, 3.05) is 0 Å². The van der Waals surface area contributed by atoms with E-state index in [0.29, 0.717) is 46.8 Å². The Labute approximate surface area is 174 Å². The Morgan fingerprint density at radius 1 is 1.10 bits per heavy atom. The third-order valence-corrected chi connectivity index (χ3v) is 5.32. The molecule has 156 valence electrons. The fraction of sp³-hybridized carbons (Fsp3) is 0.182. The molecule has 9 heteroatoms. The van der Waals surface area contributed by atoms with Crippen molar-refractivity contribution >= 4 is 17.0 Å². The molecular formula is C22H16F2N4O3. The van der Waals surface area contributed by atoms with Crippen LogP contribution in [0.25, 0.3) is 33.7 Å². The minimum absolute atomic E-state index is 0.185. The number of H-pyrrole nitrogens is 1. The predicted octanol–water partition coefficient (Wildman–Crippen LogP) is 4.21. The molecule has 5 rings (SSSR count). The van der Waals surface area contributed by atoms with E-state index >= 15 is 0 Å². The van der Waals surface area contributed by atoms with Gasteiger partial charge in [0.2, 0.25) is 5.88 Å². The van der Waals surface area contributed by atoms with E-state index in [4.69, 9.17) is 9.84 Å². The van der Waals surface area contributed by atoms with Crippen LogP contribution >= 0.6 is 0 Å². The highest BCUT2D eigenvalue weighted by Crippen LogP contribution is 2.31. The van der Waals surface area contributed by atoms with Gasteiger partial charge >= 0.3 is 5.97 Å². The highest BCUT2D eigenvalue weighted by molar-refractivity contribution is 5.80. The number of imidazole rings is 1. The molecule has 2 N–H and O–H groups in total. The number of benzene rings is 2. The molecule has 1 aliphatic carbocycles. The van der Waals surface area contributed by atoms with E-state index in [1.54, 1.807) is 12.1 Å². The van der Waals surface area contributed by atoms with Gasteiger partial charge < -0.3 is 14.8 Å². The molecular weight excluding hydrogens is 406 g/mol. The van der Waals surface area contributed by atoms with Crippen LogP contribution in [0.4, 0.5) is 8.78 Å². The van der Waals surface area contributed by atoms with E-state index in [1.165, 1.54) is 36.7 Å². The average molecular weight is 422 g/mol. The number of rotatable bonds is 5. The number of aliphatic carboxylic acids is 1. The predicted molar refractivity (Wildman–Crippen MR) is 107 cm³/mol. The SMILES string of the molecule is O=C(O)C1CC(Oc2cnc(-c3ccc(-c4nc5ccc(F)cc5[nH]4)c(F)c3)cn2)C1. The third kappa shape index (κ3) is 3.70. The lowest BCUT2D eigenvalue weighted by Crippen LogP contribution is -2.38. The standard InChI is InChI=1S/C22H16F2N4O3/c23-13-2-4-17-18(8-13)28-21(27-17)15-3-1-11(7-16(15)24)19-9-26-20(10-25-19)31-14-5-12(6-14)22(29)30/h1-4,7-10,12,14H,5-6H2,(H,27,28)(H,29,30). The Bertz CT molecular complexity index is 1280. The van der Waals surface area contributed by atoms with Gasteiger partial charge in [-0.3, -0.25) is 4.79 Å². The van der Waals surface area contributed by atoms with Crippen molar-refractivity contribution in [1.29, 1.82) is 0 Å². The van der Waals surface area contributed by atoms with E-state index in [0.717, 1.165) is 0 Å². The van der Waals surface area contributed by atoms with E-state index in [-0.39, 0.29) is 17.6 Å². The van der Waals surface area contributed by atoms with Crippen LogP contribution in [-0.4, -0.2) is 37.1 Å². The van der Waals surface area contributed by atoms with Gasteiger partial charge in [-0.2, -0.15) is 0 Å². The lowest BCUT2D eigenvalue weighted by atomic mass is 9.82. The van der Waals surface area contributed by atoms with E-state index in [9.17, 15) is 13.6 Å². The van der Waals surface area contributed by atoms with Crippen LogP contribution in [-0.2, 0) is 4.79 Å². The normalized spacial score (nSPS) is 18.0. The van der Waals surface area contributed by atoms with Crippen molar-refractivity contribution in [2.24, 2.45) is 5.92 Å². The van der Waals surface area contributed by atoms with Gasteiger partial charge in [-0.25, -0.2) is 23.7 Å². The zero-order valence-electron chi connectivity index (χ0n) is 16.0.